The average molecular weight is 466 g/mol. The Balaban J connectivity index is 1.48. The molecule has 2 heterocycles. The fourth-order valence-corrected chi connectivity index (χ4v) is 4.64. The Bertz CT molecular complexity index is 1260. The molecule has 5 heteroatoms. The van der Waals surface area contributed by atoms with Crippen LogP contribution in [0.1, 0.15) is 53.5 Å². The Morgan fingerprint density at radius 3 is 2.31 bits per heavy atom. The highest BCUT2D eigenvalue weighted by atomic mass is 16.5. The van der Waals surface area contributed by atoms with Gasteiger partial charge in [-0.05, 0) is 42.0 Å². The van der Waals surface area contributed by atoms with E-state index in [9.17, 15) is 4.79 Å². The third kappa shape index (κ3) is 4.85. The Morgan fingerprint density at radius 1 is 0.943 bits per heavy atom. The first-order chi connectivity index (χ1) is 17.1. The van der Waals surface area contributed by atoms with E-state index in [2.05, 4.69) is 48.3 Å². The standard InChI is InChI=1S/C30H31N3O2/c1-21(2)18-20-35-25-15-13-24(14-16-25)29-26-27(23-11-7-4-8-12-23)31-32-28(26)30(34)33(29)19-17-22-9-5-3-6-10-22/h3-16,21,29H,17-20H2,1-2H3,(H,31,32). The van der Waals surface area contributed by atoms with Crippen molar-refractivity contribution >= 4 is 5.91 Å². The second kappa shape index (κ2) is 10.2. The molecule has 1 amide bonds. The molecule has 1 aliphatic rings. The van der Waals surface area contributed by atoms with Gasteiger partial charge in [-0.3, -0.25) is 9.89 Å². The number of aromatic amines is 1. The van der Waals surface area contributed by atoms with E-state index in [4.69, 9.17) is 4.74 Å². The fourth-order valence-electron chi connectivity index (χ4n) is 4.64. The largest absolute Gasteiger partial charge is 0.494 e. The van der Waals surface area contributed by atoms with Crippen molar-refractivity contribution in [3.63, 3.8) is 0 Å². The number of carbonyl (C=O) groups is 1. The molecule has 3 aromatic carbocycles. The van der Waals surface area contributed by atoms with Crippen LogP contribution in [0.25, 0.3) is 11.3 Å². The summed E-state index contributed by atoms with van der Waals surface area (Å²) in [4.78, 5) is 15.5. The van der Waals surface area contributed by atoms with Gasteiger partial charge in [-0.15, -0.1) is 0 Å². The van der Waals surface area contributed by atoms with Crippen LogP contribution in [-0.2, 0) is 6.42 Å². The van der Waals surface area contributed by atoms with Crippen molar-refractivity contribution in [2.45, 2.75) is 32.7 Å². The van der Waals surface area contributed by atoms with E-state index in [1.54, 1.807) is 0 Å². The Labute approximate surface area is 206 Å². The zero-order chi connectivity index (χ0) is 24.2. The number of H-pyrrole nitrogens is 1. The summed E-state index contributed by atoms with van der Waals surface area (Å²) in [6.07, 6.45) is 1.81. The summed E-state index contributed by atoms with van der Waals surface area (Å²) < 4.78 is 5.94. The number of carbonyl (C=O) groups excluding carboxylic acids is 1. The Morgan fingerprint density at radius 2 is 1.63 bits per heavy atom. The quantitative estimate of drug-likeness (QED) is 0.316. The zero-order valence-electron chi connectivity index (χ0n) is 20.3. The van der Waals surface area contributed by atoms with Crippen molar-refractivity contribution in [2.24, 2.45) is 5.92 Å². The number of hydrogen-bond acceptors (Lipinski definition) is 3. The molecule has 0 fully saturated rings. The normalized spacial score (nSPS) is 15.0. The van der Waals surface area contributed by atoms with Crippen molar-refractivity contribution in [3.05, 3.63) is 107 Å². The first-order valence-electron chi connectivity index (χ1n) is 12.3. The van der Waals surface area contributed by atoms with Gasteiger partial charge in [0, 0.05) is 17.7 Å². The summed E-state index contributed by atoms with van der Waals surface area (Å²) in [7, 11) is 0. The molecule has 1 aromatic heterocycles. The maximum Gasteiger partial charge on any atom is 0.273 e. The van der Waals surface area contributed by atoms with Crippen LogP contribution in [0, 0.1) is 5.92 Å². The van der Waals surface area contributed by atoms with Crippen molar-refractivity contribution in [1.82, 2.24) is 15.1 Å². The highest BCUT2D eigenvalue weighted by Gasteiger charge is 2.41. The lowest BCUT2D eigenvalue weighted by molar-refractivity contribution is 0.0746. The fraction of sp³-hybridized carbons (Fsp3) is 0.267. The Hall–Kier alpha value is -3.86. The zero-order valence-corrected chi connectivity index (χ0v) is 20.3. The first kappa shape index (κ1) is 22.9. The van der Waals surface area contributed by atoms with Crippen LogP contribution in [0.15, 0.2) is 84.9 Å². The molecule has 5 nitrogen and oxygen atoms in total. The lowest BCUT2D eigenvalue weighted by Gasteiger charge is -2.26. The molecule has 0 bridgehead atoms. The molecular formula is C30H31N3O2. The van der Waals surface area contributed by atoms with E-state index in [1.165, 1.54) is 5.56 Å². The third-order valence-corrected chi connectivity index (χ3v) is 6.56. The van der Waals surface area contributed by atoms with Gasteiger partial charge in [0.25, 0.3) is 5.91 Å². The molecule has 0 spiro atoms. The summed E-state index contributed by atoms with van der Waals surface area (Å²) in [5.41, 5.74) is 5.63. The van der Waals surface area contributed by atoms with Gasteiger partial charge in [0.15, 0.2) is 0 Å². The summed E-state index contributed by atoms with van der Waals surface area (Å²) in [6.45, 7) is 5.71. The van der Waals surface area contributed by atoms with E-state index < -0.39 is 0 Å². The number of hydrogen-bond donors (Lipinski definition) is 1. The number of benzene rings is 3. The summed E-state index contributed by atoms with van der Waals surface area (Å²) in [5.74, 6) is 1.45. The summed E-state index contributed by atoms with van der Waals surface area (Å²) in [6, 6.07) is 28.3. The highest BCUT2D eigenvalue weighted by Crippen LogP contribution is 2.43. The predicted molar refractivity (Wildman–Crippen MR) is 138 cm³/mol. The van der Waals surface area contributed by atoms with Gasteiger partial charge in [0.1, 0.15) is 11.4 Å². The predicted octanol–water partition coefficient (Wildman–Crippen LogP) is 6.29. The number of ether oxygens (including phenoxy) is 1. The third-order valence-electron chi connectivity index (χ3n) is 6.56. The first-order valence-corrected chi connectivity index (χ1v) is 12.3. The van der Waals surface area contributed by atoms with Crippen LogP contribution in [-0.4, -0.2) is 34.2 Å². The van der Waals surface area contributed by atoms with E-state index in [1.807, 2.05) is 65.6 Å². The molecule has 0 radical (unpaired) electrons. The number of fused-ring (bicyclic) bond motifs is 1. The molecule has 1 N–H and O–H groups in total. The summed E-state index contributed by atoms with van der Waals surface area (Å²) in [5, 5.41) is 7.61. The monoisotopic (exact) mass is 465 g/mol. The van der Waals surface area contributed by atoms with Gasteiger partial charge in [-0.25, -0.2) is 0 Å². The maximum absolute atomic E-state index is 13.5. The summed E-state index contributed by atoms with van der Waals surface area (Å²) >= 11 is 0. The van der Waals surface area contributed by atoms with Crippen LogP contribution < -0.4 is 4.74 Å². The minimum atomic E-state index is -0.208. The molecule has 0 aliphatic carbocycles. The number of aromatic nitrogens is 2. The van der Waals surface area contributed by atoms with Gasteiger partial charge in [-0.2, -0.15) is 5.10 Å². The molecule has 1 aliphatic heterocycles. The highest BCUT2D eigenvalue weighted by molar-refractivity contribution is 6.00. The molecule has 0 saturated heterocycles. The van der Waals surface area contributed by atoms with Gasteiger partial charge in [0.05, 0.1) is 18.3 Å². The second-order valence-electron chi connectivity index (χ2n) is 9.46. The van der Waals surface area contributed by atoms with Crippen LogP contribution in [0.3, 0.4) is 0 Å². The topological polar surface area (TPSA) is 58.2 Å². The minimum absolute atomic E-state index is 0.00660. The van der Waals surface area contributed by atoms with Gasteiger partial charge >= 0.3 is 0 Å². The number of nitrogens with zero attached hydrogens (tertiary/aromatic N) is 2. The molecule has 4 aromatic rings. The van der Waals surface area contributed by atoms with Gasteiger partial charge in [-0.1, -0.05) is 86.6 Å². The van der Waals surface area contributed by atoms with E-state index in [0.717, 1.165) is 41.0 Å². The van der Waals surface area contributed by atoms with Crippen molar-refractivity contribution in [2.75, 3.05) is 13.2 Å². The van der Waals surface area contributed by atoms with Crippen molar-refractivity contribution < 1.29 is 9.53 Å². The lowest BCUT2D eigenvalue weighted by Crippen LogP contribution is -2.31. The van der Waals surface area contributed by atoms with Crippen molar-refractivity contribution in [1.29, 1.82) is 0 Å². The van der Waals surface area contributed by atoms with Crippen LogP contribution in [0.5, 0.6) is 5.75 Å². The molecule has 1 unspecified atom stereocenters. The average Bonchev–Trinajstić information content (AvgIpc) is 3.43. The second-order valence-corrected chi connectivity index (χ2v) is 9.46. The Kier molecular flexibility index (Phi) is 6.66. The van der Waals surface area contributed by atoms with E-state index in [0.29, 0.717) is 24.8 Å². The molecule has 35 heavy (non-hydrogen) atoms. The molecule has 178 valence electrons. The van der Waals surface area contributed by atoms with Crippen molar-refractivity contribution in [3.8, 4) is 17.0 Å². The number of nitrogens with one attached hydrogen (secondary N) is 1. The van der Waals surface area contributed by atoms with Crippen LogP contribution in [0.4, 0.5) is 0 Å². The van der Waals surface area contributed by atoms with Crippen LogP contribution >= 0.6 is 0 Å². The van der Waals surface area contributed by atoms with E-state index >= 15 is 0 Å². The maximum atomic E-state index is 13.5. The molecular weight excluding hydrogens is 434 g/mol. The smallest absolute Gasteiger partial charge is 0.273 e. The minimum Gasteiger partial charge on any atom is -0.494 e. The molecule has 0 saturated carbocycles. The van der Waals surface area contributed by atoms with E-state index in [-0.39, 0.29) is 11.9 Å². The number of rotatable bonds is 9. The number of amides is 1. The van der Waals surface area contributed by atoms with Crippen LogP contribution in [0.2, 0.25) is 0 Å². The lowest BCUT2D eigenvalue weighted by atomic mass is 9.96. The molecule has 1 atom stereocenters. The SMILES string of the molecule is CC(C)CCOc1ccc(C2c3c(-c4ccccc4)n[nH]c3C(=O)N2CCc2ccccc2)cc1. The van der Waals surface area contributed by atoms with Gasteiger partial charge in [0.2, 0.25) is 0 Å². The van der Waals surface area contributed by atoms with Gasteiger partial charge < -0.3 is 9.64 Å². The molecule has 5 rings (SSSR count).